The Kier molecular flexibility index (Phi) is 4.60. The number of nitrogens with zero attached hydrogens (tertiary/aromatic N) is 2. The Morgan fingerprint density at radius 1 is 0.862 bits per heavy atom. The van der Waals surface area contributed by atoms with Gasteiger partial charge in [0.05, 0.1) is 7.11 Å². The number of aromatic nitrogens is 2. The minimum atomic E-state index is 0.681. The molecule has 0 unspecified atom stereocenters. The second kappa shape index (κ2) is 7.55. The predicted molar refractivity (Wildman–Crippen MR) is 117 cm³/mol. The highest BCUT2D eigenvalue weighted by Crippen LogP contribution is 2.32. The van der Waals surface area contributed by atoms with Crippen LogP contribution in [0.4, 0.5) is 5.82 Å². The van der Waals surface area contributed by atoms with E-state index < -0.39 is 0 Å². The zero-order valence-corrected chi connectivity index (χ0v) is 16.5. The smallest absolute Gasteiger partial charge is 0.156 e. The van der Waals surface area contributed by atoms with E-state index in [-0.39, 0.29) is 0 Å². The number of rotatable bonds is 5. The fourth-order valence-corrected chi connectivity index (χ4v) is 4.10. The van der Waals surface area contributed by atoms with Crippen LogP contribution in [0.1, 0.15) is 23.1 Å². The molecule has 1 aliphatic carbocycles. The lowest BCUT2D eigenvalue weighted by Crippen LogP contribution is -2.04. The summed E-state index contributed by atoms with van der Waals surface area (Å²) in [6, 6.07) is 23.1. The first-order valence-electron chi connectivity index (χ1n) is 10.1. The first-order valence-corrected chi connectivity index (χ1v) is 10.1. The molecule has 0 radical (unpaired) electrons. The summed E-state index contributed by atoms with van der Waals surface area (Å²) in [5, 5.41) is 14.8. The lowest BCUT2D eigenvalue weighted by molar-refractivity contribution is 0.414. The molecule has 0 spiro atoms. The molecule has 0 amide bonds. The first-order chi connectivity index (χ1) is 14.3. The molecule has 0 bridgehead atoms. The molecule has 1 heterocycles. The van der Waals surface area contributed by atoms with Crippen molar-refractivity contribution in [3.05, 3.63) is 83.4 Å². The monoisotopic (exact) mass is 381 g/mol. The summed E-state index contributed by atoms with van der Waals surface area (Å²) in [5.74, 6) is 1.67. The summed E-state index contributed by atoms with van der Waals surface area (Å²) in [6.45, 7) is 0.681. The summed E-state index contributed by atoms with van der Waals surface area (Å²) < 4.78 is 5.23. The maximum Gasteiger partial charge on any atom is 0.156 e. The van der Waals surface area contributed by atoms with Gasteiger partial charge in [0, 0.05) is 22.9 Å². The molecular formula is C25H23N3O. The Bertz CT molecular complexity index is 1170. The van der Waals surface area contributed by atoms with Crippen LogP contribution in [-0.4, -0.2) is 17.3 Å². The van der Waals surface area contributed by atoms with E-state index in [0.29, 0.717) is 6.54 Å². The highest BCUT2D eigenvalue weighted by Gasteiger charge is 2.15. The fraction of sp³-hybridized carbons (Fsp3) is 0.200. The van der Waals surface area contributed by atoms with E-state index in [0.717, 1.165) is 40.0 Å². The van der Waals surface area contributed by atoms with Crippen LogP contribution < -0.4 is 10.1 Å². The summed E-state index contributed by atoms with van der Waals surface area (Å²) >= 11 is 0. The first kappa shape index (κ1) is 17.7. The van der Waals surface area contributed by atoms with Crippen LogP contribution in [0.25, 0.3) is 22.0 Å². The van der Waals surface area contributed by atoms with Crippen LogP contribution >= 0.6 is 0 Å². The standard InChI is InChI=1S/C25H23N3O/c1-29-21-13-9-17(10-14-21)16-26-25-23-8-3-2-7-22(23)24(27-28-25)20-12-11-18-5-4-6-19(18)15-20/h2-3,7-15H,4-6,16H2,1H3,(H,26,28). The molecule has 4 aromatic rings. The molecule has 4 nitrogen and oxygen atoms in total. The van der Waals surface area contributed by atoms with Crippen LogP contribution in [-0.2, 0) is 19.4 Å². The molecule has 144 valence electrons. The Morgan fingerprint density at radius 2 is 1.66 bits per heavy atom. The highest BCUT2D eigenvalue weighted by molar-refractivity contribution is 6.00. The van der Waals surface area contributed by atoms with E-state index in [1.807, 2.05) is 12.1 Å². The van der Waals surface area contributed by atoms with Crippen molar-refractivity contribution in [1.29, 1.82) is 0 Å². The number of hydrogen-bond acceptors (Lipinski definition) is 4. The van der Waals surface area contributed by atoms with E-state index in [2.05, 4.69) is 70.1 Å². The van der Waals surface area contributed by atoms with Gasteiger partial charge in [-0.15, -0.1) is 10.2 Å². The number of anilines is 1. The predicted octanol–water partition coefficient (Wildman–Crippen LogP) is 5.41. The molecule has 3 aromatic carbocycles. The number of ether oxygens (including phenoxy) is 1. The second-order valence-corrected chi connectivity index (χ2v) is 7.48. The molecule has 1 N–H and O–H groups in total. The maximum atomic E-state index is 5.23. The summed E-state index contributed by atoms with van der Waals surface area (Å²) in [7, 11) is 1.68. The highest BCUT2D eigenvalue weighted by atomic mass is 16.5. The molecule has 0 saturated carbocycles. The minimum absolute atomic E-state index is 0.681. The second-order valence-electron chi connectivity index (χ2n) is 7.48. The van der Waals surface area contributed by atoms with E-state index in [1.54, 1.807) is 7.11 Å². The maximum absolute atomic E-state index is 5.23. The number of hydrogen-bond donors (Lipinski definition) is 1. The average molecular weight is 381 g/mol. The summed E-state index contributed by atoms with van der Waals surface area (Å²) in [4.78, 5) is 0. The Morgan fingerprint density at radius 3 is 2.48 bits per heavy atom. The van der Waals surface area contributed by atoms with Gasteiger partial charge in [-0.1, -0.05) is 48.5 Å². The number of aryl methyl sites for hydroxylation is 2. The number of nitrogens with one attached hydrogen (secondary N) is 1. The number of methoxy groups -OCH3 is 1. The topological polar surface area (TPSA) is 47.0 Å². The zero-order valence-electron chi connectivity index (χ0n) is 16.5. The van der Waals surface area contributed by atoms with Crippen LogP contribution in [0.3, 0.4) is 0 Å². The molecule has 5 rings (SSSR count). The molecule has 0 aliphatic heterocycles. The molecule has 0 fully saturated rings. The van der Waals surface area contributed by atoms with Crippen LogP contribution in [0, 0.1) is 0 Å². The fourth-order valence-electron chi connectivity index (χ4n) is 4.10. The normalized spacial score (nSPS) is 12.7. The van der Waals surface area contributed by atoms with Gasteiger partial charge in [0.1, 0.15) is 11.4 Å². The van der Waals surface area contributed by atoms with Crippen LogP contribution in [0.15, 0.2) is 66.7 Å². The van der Waals surface area contributed by atoms with Crippen molar-refractivity contribution in [3.8, 4) is 17.0 Å². The van der Waals surface area contributed by atoms with Gasteiger partial charge in [0.2, 0.25) is 0 Å². The van der Waals surface area contributed by atoms with Crippen molar-refractivity contribution in [2.24, 2.45) is 0 Å². The Hall–Kier alpha value is -3.40. The minimum Gasteiger partial charge on any atom is -0.497 e. The van der Waals surface area contributed by atoms with Gasteiger partial charge in [-0.3, -0.25) is 0 Å². The van der Waals surface area contributed by atoms with E-state index in [4.69, 9.17) is 4.74 Å². The molecule has 1 aromatic heterocycles. The molecular weight excluding hydrogens is 358 g/mol. The third kappa shape index (κ3) is 3.42. The Labute approximate surface area is 170 Å². The van der Waals surface area contributed by atoms with Crippen molar-refractivity contribution >= 4 is 16.6 Å². The third-order valence-corrected chi connectivity index (χ3v) is 5.68. The lowest BCUT2D eigenvalue weighted by Gasteiger charge is -2.12. The zero-order chi connectivity index (χ0) is 19.6. The van der Waals surface area contributed by atoms with Crippen molar-refractivity contribution in [3.63, 3.8) is 0 Å². The van der Waals surface area contributed by atoms with Gasteiger partial charge >= 0.3 is 0 Å². The lowest BCUT2D eigenvalue weighted by atomic mass is 10.0. The molecule has 4 heteroatoms. The summed E-state index contributed by atoms with van der Waals surface area (Å²) in [5.41, 5.74) is 6.19. The van der Waals surface area contributed by atoms with Gasteiger partial charge in [-0.2, -0.15) is 0 Å². The van der Waals surface area contributed by atoms with E-state index in [9.17, 15) is 0 Å². The van der Waals surface area contributed by atoms with Crippen molar-refractivity contribution in [2.45, 2.75) is 25.8 Å². The van der Waals surface area contributed by atoms with Gasteiger partial charge in [-0.05, 0) is 54.2 Å². The molecule has 29 heavy (non-hydrogen) atoms. The van der Waals surface area contributed by atoms with Gasteiger partial charge in [-0.25, -0.2) is 0 Å². The Balaban J connectivity index is 1.47. The van der Waals surface area contributed by atoms with Crippen LogP contribution in [0.5, 0.6) is 5.75 Å². The van der Waals surface area contributed by atoms with Gasteiger partial charge < -0.3 is 10.1 Å². The summed E-state index contributed by atoms with van der Waals surface area (Å²) in [6.07, 6.45) is 3.60. The largest absolute Gasteiger partial charge is 0.497 e. The molecule has 0 atom stereocenters. The van der Waals surface area contributed by atoms with Crippen molar-refractivity contribution in [1.82, 2.24) is 10.2 Å². The molecule has 0 saturated heterocycles. The van der Waals surface area contributed by atoms with Gasteiger partial charge in [0.25, 0.3) is 0 Å². The average Bonchev–Trinajstić information content (AvgIpc) is 3.25. The van der Waals surface area contributed by atoms with Crippen LogP contribution in [0.2, 0.25) is 0 Å². The van der Waals surface area contributed by atoms with E-state index >= 15 is 0 Å². The van der Waals surface area contributed by atoms with Gasteiger partial charge in [0.15, 0.2) is 5.82 Å². The number of benzene rings is 3. The number of fused-ring (bicyclic) bond motifs is 2. The quantitative estimate of drug-likeness (QED) is 0.502. The molecule has 1 aliphatic rings. The van der Waals surface area contributed by atoms with Crippen molar-refractivity contribution in [2.75, 3.05) is 12.4 Å². The van der Waals surface area contributed by atoms with Crippen molar-refractivity contribution < 1.29 is 4.74 Å². The SMILES string of the molecule is COc1ccc(CNc2nnc(-c3ccc4c(c3)CCC4)c3ccccc23)cc1. The third-order valence-electron chi connectivity index (χ3n) is 5.68. The van der Waals surface area contributed by atoms with E-state index in [1.165, 1.54) is 29.5 Å².